The Kier molecular flexibility index (Phi) is 2.64. The number of hydrogen-bond donors (Lipinski definition) is 0. The largest absolute Gasteiger partial charge is 0.219 e. The molecule has 0 saturated heterocycles. The van der Waals surface area contributed by atoms with Gasteiger partial charge >= 0.3 is 0 Å². The molecule has 0 spiro atoms. The van der Waals surface area contributed by atoms with Crippen LogP contribution in [0.15, 0.2) is 24.3 Å². The van der Waals surface area contributed by atoms with Gasteiger partial charge in [-0.05, 0) is 38.1 Å². The summed E-state index contributed by atoms with van der Waals surface area (Å²) < 4.78 is 0. The number of nitrogens with zero attached hydrogens (tertiary/aromatic N) is 3. The average molecular weight is 220 g/mol. The van der Waals surface area contributed by atoms with Crippen LogP contribution in [0.3, 0.4) is 0 Å². The molecule has 0 amide bonds. The second-order valence-electron chi connectivity index (χ2n) is 3.26. The zero-order valence-corrected chi connectivity index (χ0v) is 9.28. The number of hydrogen-bond acceptors (Lipinski definition) is 3. The van der Waals surface area contributed by atoms with Gasteiger partial charge < -0.3 is 0 Å². The lowest BCUT2D eigenvalue weighted by Gasteiger charge is -2.02. The Balaban J connectivity index is 2.49. The zero-order valence-electron chi connectivity index (χ0n) is 8.53. The van der Waals surface area contributed by atoms with Crippen molar-refractivity contribution in [1.82, 2.24) is 15.0 Å². The summed E-state index contributed by atoms with van der Waals surface area (Å²) in [4.78, 5) is 12.7. The first-order valence-corrected chi connectivity index (χ1v) is 4.98. The second-order valence-corrected chi connectivity index (χ2v) is 3.70. The first-order chi connectivity index (χ1) is 7.15. The molecule has 0 aliphatic carbocycles. The summed E-state index contributed by atoms with van der Waals surface area (Å²) in [5.74, 6) is 2.15. The Morgan fingerprint density at radius 3 is 1.93 bits per heavy atom. The van der Waals surface area contributed by atoms with Crippen molar-refractivity contribution >= 4 is 11.6 Å². The van der Waals surface area contributed by atoms with Gasteiger partial charge in [-0.2, -0.15) is 0 Å². The fraction of sp³-hybridized carbons (Fsp3) is 0.182. The number of halogens is 1. The molecule has 0 unspecified atom stereocenters. The Labute approximate surface area is 93.2 Å². The lowest BCUT2D eigenvalue weighted by atomic mass is 10.2. The van der Waals surface area contributed by atoms with Gasteiger partial charge in [-0.3, -0.25) is 0 Å². The molecule has 0 radical (unpaired) electrons. The molecule has 4 heteroatoms. The quantitative estimate of drug-likeness (QED) is 0.740. The van der Waals surface area contributed by atoms with Crippen LogP contribution in [0.4, 0.5) is 0 Å². The van der Waals surface area contributed by atoms with Crippen molar-refractivity contribution in [3.05, 3.63) is 40.9 Å². The van der Waals surface area contributed by atoms with Gasteiger partial charge in [0.2, 0.25) is 0 Å². The van der Waals surface area contributed by atoms with E-state index in [-0.39, 0.29) is 0 Å². The molecule has 2 rings (SSSR count). The van der Waals surface area contributed by atoms with E-state index in [4.69, 9.17) is 11.6 Å². The SMILES string of the molecule is Cc1nc(C)nc(-c2ccc(Cl)cc2)n1. The molecule has 0 N–H and O–H groups in total. The third-order valence-corrected chi connectivity index (χ3v) is 2.21. The van der Waals surface area contributed by atoms with Gasteiger partial charge in [0, 0.05) is 10.6 Å². The van der Waals surface area contributed by atoms with Gasteiger partial charge in [0.25, 0.3) is 0 Å². The number of aromatic nitrogens is 3. The van der Waals surface area contributed by atoms with Crippen molar-refractivity contribution < 1.29 is 0 Å². The van der Waals surface area contributed by atoms with Crippen LogP contribution in [0, 0.1) is 13.8 Å². The molecule has 0 saturated carbocycles. The third kappa shape index (κ3) is 2.30. The van der Waals surface area contributed by atoms with Crippen LogP contribution < -0.4 is 0 Å². The molecule has 1 aromatic carbocycles. The van der Waals surface area contributed by atoms with E-state index in [1.165, 1.54) is 0 Å². The fourth-order valence-corrected chi connectivity index (χ4v) is 1.47. The van der Waals surface area contributed by atoms with Crippen molar-refractivity contribution in [3.8, 4) is 11.4 Å². The van der Waals surface area contributed by atoms with Crippen molar-refractivity contribution in [3.63, 3.8) is 0 Å². The maximum Gasteiger partial charge on any atom is 0.163 e. The van der Waals surface area contributed by atoms with E-state index in [0.29, 0.717) is 10.8 Å². The maximum absolute atomic E-state index is 5.81. The van der Waals surface area contributed by atoms with E-state index >= 15 is 0 Å². The lowest BCUT2D eigenvalue weighted by molar-refractivity contribution is 0.928. The number of aryl methyl sites for hydroxylation is 2. The maximum atomic E-state index is 5.81. The van der Waals surface area contributed by atoms with E-state index < -0.39 is 0 Å². The van der Waals surface area contributed by atoms with Crippen molar-refractivity contribution in [2.45, 2.75) is 13.8 Å². The van der Waals surface area contributed by atoms with Crippen LogP contribution in [0.5, 0.6) is 0 Å². The molecule has 2 aromatic rings. The van der Waals surface area contributed by atoms with Crippen LogP contribution in [-0.2, 0) is 0 Å². The molecular formula is C11H10ClN3. The van der Waals surface area contributed by atoms with E-state index in [0.717, 1.165) is 17.2 Å². The summed E-state index contributed by atoms with van der Waals surface area (Å²) in [6, 6.07) is 7.45. The van der Waals surface area contributed by atoms with E-state index in [2.05, 4.69) is 15.0 Å². The van der Waals surface area contributed by atoms with Crippen LogP contribution >= 0.6 is 11.6 Å². The van der Waals surface area contributed by atoms with Gasteiger partial charge in [0.05, 0.1) is 0 Å². The van der Waals surface area contributed by atoms with Crippen molar-refractivity contribution in [2.24, 2.45) is 0 Å². The highest BCUT2D eigenvalue weighted by Crippen LogP contribution is 2.17. The minimum Gasteiger partial charge on any atom is -0.219 e. The van der Waals surface area contributed by atoms with Gasteiger partial charge in [0.1, 0.15) is 11.6 Å². The van der Waals surface area contributed by atoms with E-state index in [1.54, 1.807) is 0 Å². The second kappa shape index (κ2) is 3.95. The first kappa shape index (κ1) is 10.1. The number of rotatable bonds is 1. The summed E-state index contributed by atoms with van der Waals surface area (Å²) in [7, 11) is 0. The fourth-order valence-electron chi connectivity index (χ4n) is 1.34. The molecule has 1 aromatic heterocycles. The summed E-state index contributed by atoms with van der Waals surface area (Å²) in [6.45, 7) is 3.71. The van der Waals surface area contributed by atoms with Gasteiger partial charge in [-0.1, -0.05) is 11.6 Å². The van der Waals surface area contributed by atoms with Crippen molar-refractivity contribution in [1.29, 1.82) is 0 Å². The molecule has 1 heterocycles. The highest BCUT2D eigenvalue weighted by Gasteiger charge is 2.03. The summed E-state index contributed by atoms with van der Waals surface area (Å²) >= 11 is 5.81. The Hall–Kier alpha value is -1.48. The Morgan fingerprint density at radius 2 is 1.40 bits per heavy atom. The summed E-state index contributed by atoms with van der Waals surface area (Å²) in [6.07, 6.45) is 0. The third-order valence-electron chi connectivity index (χ3n) is 1.96. The van der Waals surface area contributed by atoms with Crippen LogP contribution in [-0.4, -0.2) is 15.0 Å². The predicted molar refractivity (Wildman–Crippen MR) is 59.7 cm³/mol. The average Bonchev–Trinajstić information content (AvgIpc) is 2.17. The minimum atomic E-state index is 0.691. The van der Waals surface area contributed by atoms with Gasteiger partial charge in [0.15, 0.2) is 5.82 Å². The monoisotopic (exact) mass is 219 g/mol. The Morgan fingerprint density at radius 1 is 0.867 bits per heavy atom. The smallest absolute Gasteiger partial charge is 0.163 e. The molecule has 0 fully saturated rings. The molecular weight excluding hydrogens is 210 g/mol. The van der Waals surface area contributed by atoms with Crippen LogP contribution in [0.2, 0.25) is 5.02 Å². The van der Waals surface area contributed by atoms with Crippen LogP contribution in [0.25, 0.3) is 11.4 Å². The summed E-state index contributed by atoms with van der Waals surface area (Å²) in [5.41, 5.74) is 0.952. The molecule has 0 aliphatic heterocycles. The zero-order chi connectivity index (χ0) is 10.8. The molecule has 3 nitrogen and oxygen atoms in total. The van der Waals surface area contributed by atoms with Gasteiger partial charge in [-0.15, -0.1) is 0 Å². The standard InChI is InChI=1S/C11H10ClN3/c1-7-13-8(2)15-11(14-7)9-3-5-10(12)6-4-9/h3-6H,1-2H3. The van der Waals surface area contributed by atoms with E-state index in [1.807, 2.05) is 38.1 Å². The highest BCUT2D eigenvalue weighted by molar-refractivity contribution is 6.30. The van der Waals surface area contributed by atoms with Crippen molar-refractivity contribution in [2.75, 3.05) is 0 Å². The lowest BCUT2D eigenvalue weighted by Crippen LogP contribution is -1.98. The number of benzene rings is 1. The molecule has 0 aliphatic rings. The van der Waals surface area contributed by atoms with Crippen LogP contribution in [0.1, 0.15) is 11.6 Å². The molecule has 0 bridgehead atoms. The predicted octanol–water partition coefficient (Wildman–Crippen LogP) is 2.81. The normalized spacial score (nSPS) is 10.3. The summed E-state index contributed by atoms with van der Waals surface area (Å²) in [5, 5.41) is 0.709. The van der Waals surface area contributed by atoms with E-state index in [9.17, 15) is 0 Å². The van der Waals surface area contributed by atoms with Gasteiger partial charge in [-0.25, -0.2) is 15.0 Å². The minimum absolute atomic E-state index is 0.691. The molecule has 0 atom stereocenters. The topological polar surface area (TPSA) is 38.7 Å². The first-order valence-electron chi connectivity index (χ1n) is 4.60. The highest BCUT2D eigenvalue weighted by atomic mass is 35.5. The molecule has 76 valence electrons. The Bertz CT molecular complexity index is 459. The molecule has 15 heavy (non-hydrogen) atoms.